The van der Waals surface area contributed by atoms with E-state index in [-0.39, 0.29) is 0 Å². The number of thioether (sulfide) groups is 1. The van der Waals surface area contributed by atoms with Crippen LogP contribution in [0.5, 0.6) is 0 Å². The molecular formula is C13H14N2O3S. The molecule has 0 saturated heterocycles. The molecule has 0 aliphatic carbocycles. The summed E-state index contributed by atoms with van der Waals surface area (Å²) in [5.74, 6) is 1.12. The van der Waals surface area contributed by atoms with E-state index in [1.165, 1.54) is 11.8 Å². The van der Waals surface area contributed by atoms with Crippen LogP contribution in [0.4, 0.5) is 0 Å². The van der Waals surface area contributed by atoms with E-state index in [1.807, 2.05) is 30.3 Å². The molecule has 1 aromatic heterocycles. The SMILES string of the molecule is NC(CSCc1ncc(-c2ccccc2)o1)C(=O)O. The normalized spacial score (nSPS) is 12.3. The van der Waals surface area contributed by atoms with Crippen molar-refractivity contribution in [3.63, 3.8) is 0 Å². The summed E-state index contributed by atoms with van der Waals surface area (Å²) in [4.78, 5) is 14.7. The van der Waals surface area contributed by atoms with Crippen molar-refractivity contribution in [3.8, 4) is 11.3 Å². The Labute approximate surface area is 114 Å². The predicted octanol–water partition coefficient (Wildman–Crippen LogP) is 1.99. The summed E-state index contributed by atoms with van der Waals surface area (Å²) in [6.45, 7) is 0. The van der Waals surface area contributed by atoms with Gasteiger partial charge in [0, 0.05) is 11.3 Å². The van der Waals surface area contributed by atoms with E-state index in [0.29, 0.717) is 23.2 Å². The van der Waals surface area contributed by atoms with Crippen molar-refractivity contribution < 1.29 is 14.3 Å². The number of nitrogens with two attached hydrogens (primary N) is 1. The topological polar surface area (TPSA) is 89.4 Å². The number of carboxylic acid groups (broad SMARTS) is 1. The lowest BCUT2D eigenvalue weighted by molar-refractivity contribution is -0.137. The van der Waals surface area contributed by atoms with Gasteiger partial charge >= 0.3 is 5.97 Å². The number of oxazole rings is 1. The van der Waals surface area contributed by atoms with Crippen LogP contribution in [-0.4, -0.2) is 27.9 Å². The Balaban J connectivity index is 1.90. The Morgan fingerprint density at radius 2 is 2.16 bits per heavy atom. The van der Waals surface area contributed by atoms with Crippen molar-refractivity contribution >= 4 is 17.7 Å². The van der Waals surface area contributed by atoms with E-state index in [9.17, 15) is 4.79 Å². The van der Waals surface area contributed by atoms with Crippen LogP contribution in [0.25, 0.3) is 11.3 Å². The van der Waals surface area contributed by atoms with Crippen molar-refractivity contribution in [3.05, 3.63) is 42.4 Å². The molecule has 0 spiro atoms. The number of nitrogens with zero attached hydrogens (tertiary/aromatic N) is 1. The number of hydrogen-bond acceptors (Lipinski definition) is 5. The molecule has 1 atom stereocenters. The summed E-state index contributed by atoms with van der Waals surface area (Å²) in [6, 6.07) is 8.82. The molecule has 1 heterocycles. The van der Waals surface area contributed by atoms with Crippen molar-refractivity contribution in [1.82, 2.24) is 4.98 Å². The van der Waals surface area contributed by atoms with E-state index in [2.05, 4.69) is 4.98 Å². The molecule has 5 nitrogen and oxygen atoms in total. The zero-order valence-electron chi connectivity index (χ0n) is 10.2. The van der Waals surface area contributed by atoms with Gasteiger partial charge in [-0.15, -0.1) is 11.8 Å². The average molecular weight is 278 g/mol. The first-order valence-electron chi connectivity index (χ1n) is 5.73. The van der Waals surface area contributed by atoms with Crippen LogP contribution in [0, 0.1) is 0 Å². The van der Waals surface area contributed by atoms with Crippen LogP contribution in [0.15, 0.2) is 40.9 Å². The fourth-order valence-corrected chi connectivity index (χ4v) is 2.28. The molecule has 19 heavy (non-hydrogen) atoms. The van der Waals surface area contributed by atoms with E-state index in [0.717, 1.165) is 5.56 Å². The van der Waals surface area contributed by atoms with Crippen molar-refractivity contribution in [2.45, 2.75) is 11.8 Å². The van der Waals surface area contributed by atoms with Gasteiger partial charge < -0.3 is 15.3 Å². The van der Waals surface area contributed by atoms with E-state index in [1.54, 1.807) is 6.20 Å². The van der Waals surface area contributed by atoms with Gasteiger partial charge in [-0.2, -0.15) is 0 Å². The lowest BCUT2D eigenvalue weighted by atomic mass is 10.2. The fraction of sp³-hybridized carbons (Fsp3) is 0.231. The van der Waals surface area contributed by atoms with Crippen LogP contribution >= 0.6 is 11.8 Å². The molecular weight excluding hydrogens is 264 g/mol. The molecule has 0 amide bonds. The zero-order chi connectivity index (χ0) is 13.7. The first-order chi connectivity index (χ1) is 9.16. The van der Waals surface area contributed by atoms with Crippen molar-refractivity contribution in [1.29, 1.82) is 0 Å². The Hall–Kier alpha value is -1.79. The number of rotatable bonds is 6. The van der Waals surface area contributed by atoms with Gasteiger partial charge in [0.05, 0.1) is 11.9 Å². The summed E-state index contributed by atoms with van der Waals surface area (Å²) in [7, 11) is 0. The Kier molecular flexibility index (Phi) is 4.59. The number of aliphatic carboxylic acids is 1. The number of benzene rings is 1. The minimum atomic E-state index is -0.995. The molecule has 0 aliphatic rings. The molecule has 1 aromatic carbocycles. The van der Waals surface area contributed by atoms with Crippen molar-refractivity contribution in [2.24, 2.45) is 5.73 Å². The summed E-state index contributed by atoms with van der Waals surface area (Å²) < 4.78 is 5.59. The second-order valence-corrected chi connectivity index (χ2v) is 4.97. The van der Waals surface area contributed by atoms with Gasteiger partial charge in [0.2, 0.25) is 5.89 Å². The van der Waals surface area contributed by atoms with Gasteiger partial charge in [-0.1, -0.05) is 30.3 Å². The fourth-order valence-electron chi connectivity index (χ4n) is 1.46. The van der Waals surface area contributed by atoms with E-state index < -0.39 is 12.0 Å². The maximum atomic E-state index is 10.6. The highest BCUT2D eigenvalue weighted by Crippen LogP contribution is 2.21. The molecule has 0 aliphatic heterocycles. The standard InChI is InChI=1S/C13H14N2O3S/c14-10(13(16)17)7-19-8-12-15-6-11(18-12)9-4-2-1-3-5-9/h1-6,10H,7-8,14H2,(H,16,17). The summed E-state index contributed by atoms with van der Waals surface area (Å²) in [6.07, 6.45) is 1.67. The smallest absolute Gasteiger partial charge is 0.321 e. The second kappa shape index (κ2) is 6.40. The molecule has 0 saturated carbocycles. The number of carbonyl (C=O) groups is 1. The van der Waals surface area contributed by atoms with Gasteiger partial charge in [-0.25, -0.2) is 4.98 Å². The minimum Gasteiger partial charge on any atom is -0.480 e. The predicted molar refractivity (Wildman–Crippen MR) is 73.7 cm³/mol. The van der Waals surface area contributed by atoms with Crippen LogP contribution in [0.2, 0.25) is 0 Å². The maximum Gasteiger partial charge on any atom is 0.321 e. The molecule has 1 unspecified atom stereocenters. The molecule has 100 valence electrons. The van der Waals surface area contributed by atoms with E-state index in [4.69, 9.17) is 15.3 Å². The molecule has 2 aromatic rings. The van der Waals surface area contributed by atoms with Gasteiger partial charge in [-0.3, -0.25) is 4.79 Å². The third kappa shape index (κ3) is 3.84. The molecule has 0 bridgehead atoms. The highest BCUT2D eigenvalue weighted by molar-refractivity contribution is 7.98. The Bertz CT molecular complexity index is 542. The highest BCUT2D eigenvalue weighted by Gasteiger charge is 2.12. The summed E-state index contributed by atoms with van der Waals surface area (Å²) in [5, 5.41) is 8.65. The lowest BCUT2D eigenvalue weighted by Crippen LogP contribution is -2.32. The zero-order valence-corrected chi connectivity index (χ0v) is 11.0. The van der Waals surface area contributed by atoms with Gasteiger partial charge in [0.1, 0.15) is 6.04 Å². The van der Waals surface area contributed by atoms with Crippen molar-refractivity contribution in [2.75, 3.05) is 5.75 Å². The largest absolute Gasteiger partial charge is 0.480 e. The molecule has 6 heteroatoms. The highest BCUT2D eigenvalue weighted by atomic mass is 32.2. The summed E-state index contributed by atoms with van der Waals surface area (Å²) in [5.41, 5.74) is 6.37. The van der Waals surface area contributed by atoms with Gasteiger partial charge in [0.25, 0.3) is 0 Å². The lowest BCUT2D eigenvalue weighted by Gasteiger charge is -2.03. The average Bonchev–Trinajstić information content (AvgIpc) is 2.88. The Morgan fingerprint density at radius 1 is 1.42 bits per heavy atom. The van der Waals surface area contributed by atoms with Crippen LogP contribution in [0.1, 0.15) is 5.89 Å². The molecule has 3 N–H and O–H groups in total. The minimum absolute atomic E-state index is 0.332. The number of hydrogen-bond donors (Lipinski definition) is 2. The maximum absolute atomic E-state index is 10.6. The monoisotopic (exact) mass is 278 g/mol. The first-order valence-corrected chi connectivity index (χ1v) is 6.88. The van der Waals surface area contributed by atoms with Crippen LogP contribution in [-0.2, 0) is 10.5 Å². The van der Waals surface area contributed by atoms with E-state index >= 15 is 0 Å². The van der Waals surface area contributed by atoms with Gasteiger partial charge in [0.15, 0.2) is 5.76 Å². The molecule has 2 rings (SSSR count). The van der Waals surface area contributed by atoms with Crippen LogP contribution in [0.3, 0.4) is 0 Å². The first kappa shape index (κ1) is 13.6. The third-order valence-corrected chi connectivity index (χ3v) is 3.50. The molecule has 0 radical (unpaired) electrons. The number of carboxylic acids is 1. The Morgan fingerprint density at radius 3 is 2.84 bits per heavy atom. The second-order valence-electron chi connectivity index (χ2n) is 3.94. The quantitative estimate of drug-likeness (QED) is 0.840. The van der Waals surface area contributed by atoms with Crippen LogP contribution < -0.4 is 5.73 Å². The third-order valence-electron chi connectivity index (χ3n) is 2.45. The number of aromatic nitrogens is 1. The summed E-state index contributed by atoms with van der Waals surface area (Å²) >= 11 is 1.39. The van der Waals surface area contributed by atoms with Gasteiger partial charge in [-0.05, 0) is 0 Å². The molecule has 0 fully saturated rings.